The maximum absolute atomic E-state index is 14.4. The molecule has 1 aromatic heterocycles. The summed E-state index contributed by atoms with van der Waals surface area (Å²) in [7, 11) is 0. The fourth-order valence-electron chi connectivity index (χ4n) is 2.42. The van der Waals surface area contributed by atoms with Crippen molar-refractivity contribution in [3.8, 4) is 11.1 Å². The van der Waals surface area contributed by atoms with Crippen LogP contribution in [0.1, 0.15) is 37.9 Å². The van der Waals surface area contributed by atoms with E-state index in [1.165, 1.54) is 0 Å². The largest absolute Gasteiger partial charge is 0.313 e. The highest BCUT2D eigenvalue weighted by Gasteiger charge is 2.12. The first-order chi connectivity index (χ1) is 10.2. The average molecular weight is 289 g/mol. The molecule has 3 nitrogen and oxygen atoms in total. The Morgan fingerprint density at radius 3 is 2.67 bits per heavy atom. The molecule has 0 bridgehead atoms. The van der Waals surface area contributed by atoms with Gasteiger partial charge >= 0.3 is 0 Å². The number of nitrogens with zero attached hydrogens (tertiary/aromatic N) is 2. The van der Waals surface area contributed by atoms with Gasteiger partial charge in [-0.1, -0.05) is 26.0 Å². The van der Waals surface area contributed by atoms with Crippen LogP contribution in [0.3, 0.4) is 0 Å². The smallest absolute Gasteiger partial charge is 0.131 e. The van der Waals surface area contributed by atoms with E-state index >= 15 is 0 Å². The monoisotopic (exact) mass is 289 g/mol. The van der Waals surface area contributed by atoms with Crippen molar-refractivity contribution < 1.29 is 4.39 Å². The van der Waals surface area contributed by atoms with Gasteiger partial charge in [-0.25, -0.2) is 4.39 Å². The zero-order valence-electron chi connectivity index (χ0n) is 13.1. The Morgan fingerprint density at radius 1 is 1.19 bits per heavy atom. The van der Waals surface area contributed by atoms with Gasteiger partial charge in [0.05, 0.1) is 5.69 Å². The summed E-state index contributed by atoms with van der Waals surface area (Å²) in [4.78, 5) is 0. The molecule has 2 rings (SSSR count). The minimum atomic E-state index is -0.176. The van der Waals surface area contributed by atoms with Gasteiger partial charge in [-0.3, -0.25) is 4.68 Å². The lowest BCUT2D eigenvalue weighted by atomic mass is 10.0. The average Bonchev–Trinajstić information content (AvgIpc) is 2.80. The second-order valence-electron chi connectivity index (χ2n) is 5.38. The predicted molar refractivity (Wildman–Crippen MR) is 84.6 cm³/mol. The van der Waals surface area contributed by atoms with Crippen molar-refractivity contribution in [2.24, 2.45) is 0 Å². The third-order valence-corrected chi connectivity index (χ3v) is 3.48. The molecule has 4 heteroatoms. The van der Waals surface area contributed by atoms with Gasteiger partial charge in [0.25, 0.3) is 0 Å². The molecule has 2 aromatic rings. The van der Waals surface area contributed by atoms with E-state index in [1.54, 1.807) is 6.07 Å². The minimum Gasteiger partial charge on any atom is -0.313 e. The molecule has 0 spiro atoms. The van der Waals surface area contributed by atoms with Crippen molar-refractivity contribution in [1.29, 1.82) is 0 Å². The molecule has 0 atom stereocenters. The van der Waals surface area contributed by atoms with Crippen molar-refractivity contribution in [3.05, 3.63) is 41.5 Å². The molecule has 0 amide bonds. The first kappa shape index (κ1) is 15.7. The third-order valence-electron chi connectivity index (χ3n) is 3.48. The van der Waals surface area contributed by atoms with Crippen LogP contribution < -0.4 is 5.32 Å². The summed E-state index contributed by atoms with van der Waals surface area (Å²) < 4.78 is 16.2. The molecule has 1 heterocycles. The topological polar surface area (TPSA) is 29.9 Å². The summed E-state index contributed by atoms with van der Waals surface area (Å²) in [5, 5.41) is 7.73. The molecule has 0 unspecified atom stereocenters. The van der Waals surface area contributed by atoms with Gasteiger partial charge in [0.2, 0.25) is 0 Å². The molecule has 0 saturated heterocycles. The molecule has 0 aliphatic carbocycles. The molecule has 0 radical (unpaired) electrons. The zero-order chi connectivity index (χ0) is 15.2. The Labute approximate surface area is 126 Å². The molecule has 0 aliphatic rings. The molecule has 114 valence electrons. The van der Waals surface area contributed by atoms with E-state index in [4.69, 9.17) is 0 Å². The highest BCUT2D eigenvalue weighted by Crippen LogP contribution is 2.26. The van der Waals surface area contributed by atoms with Crippen molar-refractivity contribution in [3.63, 3.8) is 0 Å². The van der Waals surface area contributed by atoms with Crippen LogP contribution in [0.4, 0.5) is 4.39 Å². The van der Waals surface area contributed by atoms with Gasteiger partial charge in [-0.05, 0) is 37.9 Å². The summed E-state index contributed by atoms with van der Waals surface area (Å²) in [5.74, 6) is -0.176. The van der Waals surface area contributed by atoms with E-state index in [0.29, 0.717) is 12.1 Å². The molecule has 0 aliphatic heterocycles. The number of rotatable bonds is 7. The zero-order valence-corrected chi connectivity index (χ0v) is 13.1. The summed E-state index contributed by atoms with van der Waals surface area (Å²) in [6.45, 7) is 8.67. The number of hydrogen-bond acceptors (Lipinski definition) is 2. The van der Waals surface area contributed by atoms with Crippen LogP contribution in [0.25, 0.3) is 11.1 Å². The van der Waals surface area contributed by atoms with Gasteiger partial charge in [-0.15, -0.1) is 0 Å². The minimum absolute atomic E-state index is 0.176. The summed E-state index contributed by atoms with van der Waals surface area (Å²) in [6.07, 6.45) is 4.04. The van der Waals surface area contributed by atoms with Crippen LogP contribution in [0, 0.1) is 12.7 Å². The van der Waals surface area contributed by atoms with Crippen LogP contribution >= 0.6 is 0 Å². The standard InChI is InChI=1S/C17H24FN3/c1-4-8-19-11-14-6-7-15(17(18)10-14)16-12-21(9-5-2)20-13(16)3/h6-7,10,12,19H,4-5,8-9,11H2,1-3H3. The predicted octanol–water partition coefficient (Wildman–Crippen LogP) is 3.91. The lowest BCUT2D eigenvalue weighted by molar-refractivity contribution is 0.598. The molecular weight excluding hydrogens is 265 g/mol. The maximum atomic E-state index is 14.4. The van der Waals surface area contributed by atoms with Crippen molar-refractivity contribution in [2.45, 2.75) is 46.7 Å². The highest BCUT2D eigenvalue weighted by molar-refractivity contribution is 5.66. The van der Waals surface area contributed by atoms with E-state index in [9.17, 15) is 4.39 Å². The Bertz CT molecular complexity index is 590. The molecule has 1 N–H and O–H groups in total. The molecular formula is C17H24FN3. The highest BCUT2D eigenvalue weighted by atomic mass is 19.1. The summed E-state index contributed by atoms with van der Waals surface area (Å²) in [5.41, 5.74) is 3.37. The second-order valence-corrected chi connectivity index (χ2v) is 5.38. The normalized spacial score (nSPS) is 11.0. The number of hydrogen-bond donors (Lipinski definition) is 1. The maximum Gasteiger partial charge on any atom is 0.131 e. The molecule has 21 heavy (non-hydrogen) atoms. The van der Waals surface area contributed by atoms with Crippen molar-refractivity contribution in [2.75, 3.05) is 6.54 Å². The Hall–Kier alpha value is -1.68. The summed E-state index contributed by atoms with van der Waals surface area (Å²) in [6, 6.07) is 5.46. The Morgan fingerprint density at radius 2 is 2.00 bits per heavy atom. The van der Waals surface area contributed by atoms with Gasteiger partial charge in [0.1, 0.15) is 5.82 Å². The molecule has 0 saturated carbocycles. The van der Waals surface area contributed by atoms with Crippen LogP contribution in [0.2, 0.25) is 0 Å². The van der Waals surface area contributed by atoms with Crippen LogP contribution in [-0.2, 0) is 13.1 Å². The van der Waals surface area contributed by atoms with E-state index in [0.717, 1.165) is 42.8 Å². The van der Waals surface area contributed by atoms with E-state index < -0.39 is 0 Å². The van der Waals surface area contributed by atoms with Gasteiger partial charge < -0.3 is 5.32 Å². The SMILES string of the molecule is CCCNCc1ccc(-c2cn(CCC)nc2C)c(F)c1. The van der Waals surface area contributed by atoms with E-state index in [1.807, 2.05) is 29.9 Å². The fourth-order valence-corrected chi connectivity index (χ4v) is 2.42. The quantitative estimate of drug-likeness (QED) is 0.783. The summed E-state index contributed by atoms with van der Waals surface area (Å²) >= 11 is 0. The number of halogens is 1. The Balaban J connectivity index is 2.20. The number of nitrogens with one attached hydrogen (secondary N) is 1. The van der Waals surface area contributed by atoms with Crippen LogP contribution in [0.5, 0.6) is 0 Å². The van der Waals surface area contributed by atoms with Crippen molar-refractivity contribution in [1.82, 2.24) is 15.1 Å². The molecule has 0 fully saturated rings. The van der Waals surface area contributed by atoms with Crippen LogP contribution in [-0.4, -0.2) is 16.3 Å². The Kier molecular flexibility index (Phi) is 5.51. The number of aromatic nitrogens is 2. The van der Waals surface area contributed by atoms with Crippen LogP contribution in [0.15, 0.2) is 24.4 Å². The van der Waals surface area contributed by atoms with Gasteiger partial charge in [0.15, 0.2) is 0 Å². The first-order valence-corrected chi connectivity index (χ1v) is 7.69. The fraction of sp³-hybridized carbons (Fsp3) is 0.471. The van der Waals surface area contributed by atoms with E-state index in [-0.39, 0.29) is 5.82 Å². The molecule has 1 aromatic carbocycles. The lowest BCUT2D eigenvalue weighted by Crippen LogP contribution is -2.13. The first-order valence-electron chi connectivity index (χ1n) is 7.69. The second kappa shape index (κ2) is 7.36. The van der Waals surface area contributed by atoms with Crippen molar-refractivity contribution >= 4 is 0 Å². The van der Waals surface area contributed by atoms with E-state index in [2.05, 4.69) is 24.3 Å². The number of benzene rings is 1. The van der Waals surface area contributed by atoms with Gasteiger partial charge in [0, 0.05) is 30.4 Å². The third kappa shape index (κ3) is 3.91. The lowest BCUT2D eigenvalue weighted by Gasteiger charge is -2.06. The number of aryl methyl sites for hydroxylation is 2. The van der Waals surface area contributed by atoms with Gasteiger partial charge in [-0.2, -0.15) is 5.10 Å².